The van der Waals surface area contributed by atoms with E-state index in [4.69, 9.17) is 9.47 Å². The van der Waals surface area contributed by atoms with Crippen molar-refractivity contribution in [1.82, 2.24) is 0 Å². The van der Waals surface area contributed by atoms with Crippen LogP contribution in [0.5, 0.6) is 11.5 Å². The van der Waals surface area contributed by atoms with Crippen molar-refractivity contribution in [3.8, 4) is 11.5 Å². The third kappa shape index (κ3) is 5.23. The molecule has 0 aliphatic heterocycles. The molecular formula is C23H23BrN2O5S. The highest BCUT2D eigenvalue weighted by molar-refractivity contribution is 9.10. The van der Waals surface area contributed by atoms with Gasteiger partial charge in [-0.1, -0.05) is 34.1 Å². The van der Waals surface area contributed by atoms with Crippen LogP contribution in [-0.4, -0.2) is 35.1 Å². The molecule has 9 heteroatoms. The van der Waals surface area contributed by atoms with Gasteiger partial charge in [-0.15, -0.1) is 0 Å². The van der Waals surface area contributed by atoms with Crippen LogP contribution in [0.1, 0.15) is 5.56 Å². The van der Waals surface area contributed by atoms with Crippen molar-refractivity contribution in [3.63, 3.8) is 0 Å². The average molecular weight is 519 g/mol. The van der Waals surface area contributed by atoms with E-state index in [2.05, 4.69) is 21.2 Å². The topological polar surface area (TPSA) is 84.9 Å². The van der Waals surface area contributed by atoms with Gasteiger partial charge < -0.3 is 14.8 Å². The Balaban J connectivity index is 2.01. The summed E-state index contributed by atoms with van der Waals surface area (Å²) in [6, 6.07) is 18.0. The first-order valence-corrected chi connectivity index (χ1v) is 11.9. The summed E-state index contributed by atoms with van der Waals surface area (Å²) >= 11 is 3.42. The van der Waals surface area contributed by atoms with E-state index in [1.54, 1.807) is 48.5 Å². The maximum Gasteiger partial charge on any atom is 0.264 e. The second kappa shape index (κ2) is 10.1. The van der Waals surface area contributed by atoms with Crippen LogP contribution >= 0.6 is 15.9 Å². The Morgan fingerprint density at radius 3 is 2.34 bits per heavy atom. The van der Waals surface area contributed by atoms with Crippen LogP contribution in [0.3, 0.4) is 0 Å². The second-order valence-corrected chi connectivity index (χ2v) is 9.59. The fourth-order valence-corrected chi connectivity index (χ4v) is 4.76. The molecule has 0 radical (unpaired) electrons. The number of anilines is 2. The van der Waals surface area contributed by atoms with E-state index in [0.29, 0.717) is 11.4 Å². The summed E-state index contributed by atoms with van der Waals surface area (Å²) < 4.78 is 39.5. The summed E-state index contributed by atoms with van der Waals surface area (Å²) in [5.74, 6) is 0.262. The van der Waals surface area contributed by atoms with Crippen molar-refractivity contribution in [2.45, 2.75) is 11.8 Å². The van der Waals surface area contributed by atoms with Gasteiger partial charge in [0.15, 0.2) is 0 Å². The number of carbonyl (C=O) groups is 1. The van der Waals surface area contributed by atoms with Gasteiger partial charge in [0.25, 0.3) is 10.0 Å². The van der Waals surface area contributed by atoms with Gasteiger partial charge in [0.2, 0.25) is 5.91 Å². The summed E-state index contributed by atoms with van der Waals surface area (Å²) in [4.78, 5) is 13.0. The Labute approximate surface area is 196 Å². The SMILES string of the molecule is COc1ccc(N(CC(=O)Nc2ccc(Br)c(C)c2)S(=O)(=O)c2ccccc2)c(OC)c1. The van der Waals surface area contributed by atoms with Gasteiger partial charge in [-0.2, -0.15) is 0 Å². The van der Waals surface area contributed by atoms with Gasteiger partial charge in [0, 0.05) is 16.2 Å². The number of amides is 1. The van der Waals surface area contributed by atoms with Crippen molar-refractivity contribution in [3.05, 3.63) is 76.8 Å². The molecule has 0 saturated carbocycles. The molecule has 0 heterocycles. The van der Waals surface area contributed by atoms with Crippen LogP contribution in [0.25, 0.3) is 0 Å². The first kappa shape index (κ1) is 23.6. The number of sulfonamides is 1. The lowest BCUT2D eigenvalue weighted by atomic mass is 10.2. The minimum atomic E-state index is -4.06. The summed E-state index contributed by atoms with van der Waals surface area (Å²) in [7, 11) is -1.14. The standard InChI is InChI=1S/C23H23BrN2O5S/c1-16-13-17(9-11-20(16)24)25-23(27)15-26(32(28,29)19-7-5-4-6-8-19)21-12-10-18(30-2)14-22(21)31-3/h4-14H,15H2,1-3H3,(H,25,27). The largest absolute Gasteiger partial charge is 0.497 e. The van der Waals surface area contributed by atoms with Gasteiger partial charge in [0.1, 0.15) is 18.0 Å². The molecule has 0 spiro atoms. The van der Waals surface area contributed by atoms with E-state index in [0.717, 1.165) is 14.3 Å². The molecule has 1 N–H and O–H groups in total. The third-order valence-corrected chi connectivity index (χ3v) is 7.38. The Morgan fingerprint density at radius 2 is 1.72 bits per heavy atom. The molecule has 7 nitrogen and oxygen atoms in total. The van der Waals surface area contributed by atoms with Gasteiger partial charge in [0.05, 0.1) is 24.8 Å². The second-order valence-electron chi connectivity index (χ2n) is 6.87. The lowest BCUT2D eigenvalue weighted by molar-refractivity contribution is -0.114. The molecule has 0 aliphatic rings. The normalized spacial score (nSPS) is 11.0. The summed E-state index contributed by atoms with van der Waals surface area (Å²) in [6.45, 7) is 1.45. The predicted molar refractivity (Wildman–Crippen MR) is 128 cm³/mol. The Bertz CT molecular complexity index is 1220. The zero-order valence-electron chi connectivity index (χ0n) is 17.8. The molecule has 0 fully saturated rings. The number of hydrogen-bond donors (Lipinski definition) is 1. The van der Waals surface area contributed by atoms with E-state index >= 15 is 0 Å². The Hall–Kier alpha value is -3.04. The highest BCUT2D eigenvalue weighted by atomic mass is 79.9. The van der Waals surface area contributed by atoms with Crippen molar-refractivity contribution >= 4 is 43.2 Å². The molecule has 3 aromatic rings. The molecule has 3 rings (SSSR count). The van der Waals surface area contributed by atoms with Crippen molar-refractivity contribution in [2.75, 3.05) is 30.4 Å². The van der Waals surface area contributed by atoms with Crippen molar-refractivity contribution in [1.29, 1.82) is 0 Å². The third-order valence-electron chi connectivity index (χ3n) is 4.72. The number of halogens is 1. The number of benzene rings is 3. The summed E-state index contributed by atoms with van der Waals surface area (Å²) in [6.07, 6.45) is 0. The number of nitrogens with one attached hydrogen (secondary N) is 1. The number of hydrogen-bond acceptors (Lipinski definition) is 5. The Kier molecular flexibility index (Phi) is 7.42. The lowest BCUT2D eigenvalue weighted by Crippen LogP contribution is -2.38. The maximum absolute atomic E-state index is 13.5. The van der Waals surface area contributed by atoms with E-state index in [-0.39, 0.29) is 16.3 Å². The molecule has 0 aromatic heterocycles. The monoisotopic (exact) mass is 518 g/mol. The molecule has 0 bridgehead atoms. The summed E-state index contributed by atoms with van der Waals surface area (Å²) in [5.41, 5.74) is 1.72. The zero-order valence-corrected chi connectivity index (χ0v) is 20.2. The molecule has 0 atom stereocenters. The maximum atomic E-state index is 13.5. The molecule has 32 heavy (non-hydrogen) atoms. The van der Waals surface area contributed by atoms with Crippen LogP contribution in [-0.2, 0) is 14.8 Å². The van der Waals surface area contributed by atoms with Gasteiger partial charge >= 0.3 is 0 Å². The van der Waals surface area contributed by atoms with Crippen LogP contribution < -0.4 is 19.1 Å². The van der Waals surface area contributed by atoms with Crippen LogP contribution in [0.15, 0.2) is 76.1 Å². The van der Waals surface area contributed by atoms with Crippen LogP contribution in [0, 0.1) is 6.92 Å². The quantitative estimate of drug-likeness (QED) is 0.470. The number of rotatable bonds is 8. The molecule has 1 amide bonds. The average Bonchev–Trinajstić information content (AvgIpc) is 2.80. The minimum absolute atomic E-state index is 0.0603. The fraction of sp³-hybridized carbons (Fsp3) is 0.174. The molecule has 0 unspecified atom stereocenters. The van der Waals surface area contributed by atoms with Crippen molar-refractivity contribution < 1.29 is 22.7 Å². The first-order chi connectivity index (χ1) is 15.3. The van der Waals surface area contributed by atoms with E-state index in [1.165, 1.54) is 26.4 Å². The smallest absolute Gasteiger partial charge is 0.264 e. The van der Waals surface area contributed by atoms with Gasteiger partial charge in [-0.3, -0.25) is 9.10 Å². The fourth-order valence-electron chi connectivity index (χ4n) is 3.06. The number of carbonyl (C=O) groups excluding carboxylic acids is 1. The molecule has 0 aliphatic carbocycles. The number of methoxy groups -OCH3 is 2. The highest BCUT2D eigenvalue weighted by Gasteiger charge is 2.29. The zero-order chi connectivity index (χ0) is 23.3. The number of ether oxygens (including phenoxy) is 2. The predicted octanol–water partition coefficient (Wildman–Crippen LogP) is 4.61. The number of aryl methyl sites for hydroxylation is 1. The molecule has 168 valence electrons. The van der Waals surface area contributed by atoms with E-state index in [1.807, 2.05) is 13.0 Å². The van der Waals surface area contributed by atoms with E-state index in [9.17, 15) is 13.2 Å². The first-order valence-electron chi connectivity index (χ1n) is 9.62. The molecule has 0 saturated heterocycles. The molecular weight excluding hydrogens is 496 g/mol. The Morgan fingerprint density at radius 1 is 1.00 bits per heavy atom. The minimum Gasteiger partial charge on any atom is -0.497 e. The lowest BCUT2D eigenvalue weighted by Gasteiger charge is -2.26. The van der Waals surface area contributed by atoms with Crippen molar-refractivity contribution in [2.24, 2.45) is 0 Å². The van der Waals surface area contributed by atoms with Gasteiger partial charge in [-0.05, 0) is 55.0 Å². The van der Waals surface area contributed by atoms with Crippen LogP contribution in [0.4, 0.5) is 11.4 Å². The van der Waals surface area contributed by atoms with Crippen LogP contribution in [0.2, 0.25) is 0 Å². The van der Waals surface area contributed by atoms with Gasteiger partial charge in [-0.25, -0.2) is 8.42 Å². The number of nitrogens with zero attached hydrogens (tertiary/aromatic N) is 1. The van der Waals surface area contributed by atoms with E-state index < -0.39 is 22.5 Å². The highest BCUT2D eigenvalue weighted by Crippen LogP contribution is 2.35. The summed E-state index contributed by atoms with van der Waals surface area (Å²) in [5, 5.41) is 2.76. The molecule has 3 aromatic carbocycles.